The Hall–Kier alpha value is -3.09. The predicted octanol–water partition coefficient (Wildman–Crippen LogP) is 3.70. The first kappa shape index (κ1) is 18.3. The number of benzene rings is 2. The number of carbonyl (C=O) groups is 1. The van der Waals surface area contributed by atoms with Crippen molar-refractivity contribution >= 4 is 11.7 Å². The highest BCUT2D eigenvalue weighted by molar-refractivity contribution is 5.88. The zero-order valence-corrected chi connectivity index (χ0v) is 13.8. The second-order valence-corrected chi connectivity index (χ2v) is 5.29. The Bertz CT molecular complexity index is 742. The summed E-state index contributed by atoms with van der Waals surface area (Å²) in [4.78, 5) is 21.3. The standard InChI is InChI=1S/C18H19NO6/c1-2-13-4-7-15(8-5-13)24-10-3-11-25-17-12-14(18(20)21)6-9-16(17)19(22)23/h4-9,12H,2-3,10-11H2,1H3,(H,20,21). The van der Waals surface area contributed by atoms with Crippen LogP contribution in [0.1, 0.15) is 29.3 Å². The van der Waals surface area contributed by atoms with Gasteiger partial charge in [0.2, 0.25) is 0 Å². The van der Waals surface area contributed by atoms with E-state index in [-0.39, 0.29) is 23.6 Å². The van der Waals surface area contributed by atoms with Crippen LogP contribution >= 0.6 is 0 Å². The molecular formula is C18H19NO6. The number of aryl methyl sites for hydroxylation is 1. The van der Waals surface area contributed by atoms with Crippen molar-refractivity contribution in [3.05, 3.63) is 63.7 Å². The van der Waals surface area contributed by atoms with E-state index in [1.165, 1.54) is 11.6 Å². The van der Waals surface area contributed by atoms with Crippen LogP contribution in [-0.2, 0) is 6.42 Å². The number of carboxylic acids is 1. The summed E-state index contributed by atoms with van der Waals surface area (Å²) in [6.07, 6.45) is 1.46. The monoisotopic (exact) mass is 345 g/mol. The maximum atomic E-state index is 11.0. The molecule has 0 atom stereocenters. The lowest BCUT2D eigenvalue weighted by atomic mass is 10.2. The summed E-state index contributed by atoms with van der Waals surface area (Å²) in [5.74, 6) is -0.480. The number of nitrogens with zero attached hydrogens (tertiary/aromatic N) is 1. The minimum atomic E-state index is -1.17. The Morgan fingerprint density at radius 3 is 2.40 bits per heavy atom. The maximum absolute atomic E-state index is 11.0. The van der Waals surface area contributed by atoms with Crippen LogP contribution in [0.15, 0.2) is 42.5 Å². The Balaban J connectivity index is 1.87. The Morgan fingerprint density at radius 2 is 1.80 bits per heavy atom. The molecule has 0 spiro atoms. The highest BCUT2D eigenvalue weighted by Crippen LogP contribution is 2.28. The van der Waals surface area contributed by atoms with Crippen molar-refractivity contribution in [2.45, 2.75) is 19.8 Å². The quantitative estimate of drug-likeness (QED) is 0.422. The van der Waals surface area contributed by atoms with Crippen LogP contribution in [0.2, 0.25) is 0 Å². The van der Waals surface area contributed by atoms with Crippen LogP contribution in [0.5, 0.6) is 11.5 Å². The second kappa shape index (κ2) is 8.68. The molecule has 7 nitrogen and oxygen atoms in total. The summed E-state index contributed by atoms with van der Waals surface area (Å²) in [7, 11) is 0. The molecule has 0 heterocycles. The van der Waals surface area contributed by atoms with Crippen molar-refractivity contribution in [3.8, 4) is 11.5 Å². The fourth-order valence-electron chi connectivity index (χ4n) is 2.17. The number of aromatic carboxylic acids is 1. The van der Waals surface area contributed by atoms with E-state index in [4.69, 9.17) is 14.6 Å². The maximum Gasteiger partial charge on any atom is 0.335 e. The molecule has 2 rings (SSSR count). The smallest absolute Gasteiger partial charge is 0.335 e. The van der Waals surface area contributed by atoms with Crippen LogP contribution in [0.25, 0.3) is 0 Å². The van der Waals surface area contributed by atoms with Gasteiger partial charge in [-0.15, -0.1) is 0 Å². The summed E-state index contributed by atoms with van der Waals surface area (Å²) in [6, 6.07) is 11.2. The van der Waals surface area contributed by atoms with E-state index < -0.39 is 10.9 Å². The molecular weight excluding hydrogens is 326 g/mol. The van der Waals surface area contributed by atoms with E-state index in [0.717, 1.165) is 24.3 Å². The lowest BCUT2D eigenvalue weighted by Crippen LogP contribution is -2.07. The predicted molar refractivity (Wildman–Crippen MR) is 91.5 cm³/mol. The number of carboxylic acid groups (broad SMARTS) is 1. The summed E-state index contributed by atoms with van der Waals surface area (Å²) >= 11 is 0. The molecule has 0 unspecified atom stereocenters. The van der Waals surface area contributed by atoms with Crippen molar-refractivity contribution in [1.29, 1.82) is 0 Å². The molecule has 0 aliphatic carbocycles. The summed E-state index contributed by atoms with van der Waals surface area (Å²) in [5, 5.41) is 19.9. The van der Waals surface area contributed by atoms with Crippen LogP contribution in [-0.4, -0.2) is 29.2 Å². The number of hydrogen-bond acceptors (Lipinski definition) is 5. The van der Waals surface area contributed by atoms with Gasteiger partial charge in [0.05, 0.1) is 23.7 Å². The van der Waals surface area contributed by atoms with Gasteiger partial charge in [-0.1, -0.05) is 19.1 Å². The van der Waals surface area contributed by atoms with E-state index in [1.807, 2.05) is 24.3 Å². The molecule has 1 N–H and O–H groups in total. The molecule has 0 fully saturated rings. The molecule has 0 aromatic heterocycles. The van der Waals surface area contributed by atoms with Gasteiger partial charge in [-0.25, -0.2) is 4.79 Å². The van der Waals surface area contributed by atoms with Gasteiger partial charge in [0, 0.05) is 18.6 Å². The van der Waals surface area contributed by atoms with Crippen molar-refractivity contribution in [1.82, 2.24) is 0 Å². The molecule has 7 heteroatoms. The van der Waals surface area contributed by atoms with E-state index in [9.17, 15) is 14.9 Å². The van der Waals surface area contributed by atoms with Gasteiger partial charge in [-0.05, 0) is 30.2 Å². The normalized spacial score (nSPS) is 10.3. The molecule has 0 radical (unpaired) electrons. The Morgan fingerprint density at radius 1 is 1.12 bits per heavy atom. The van der Waals surface area contributed by atoms with E-state index >= 15 is 0 Å². The third kappa shape index (κ3) is 5.20. The molecule has 0 bridgehead atoms. The van der Waals surface area contributed by atoms with Crippen LogP contribution < -0.4 is 9.47 Å². The minimum Gasteiger partial charge on any atom is -0.493 e. The van der Waals surface area contributed by atoms with Gasteiger partial charge < -0.3 is 14.6 Å². The first-order valence-electron chi connectivity index (χ1n) is 7.87. The average Bonchev–Trinajstić information content (AvgIpc) is 2.61. The fourth-order valence-corrected chi connectivity index (χ4v) is 2.17. The van der Waals surface area contributed by atoms with Crippen molar-refractivity contribution < 1.29 is 24.3 Å². The number of nitro benzene ring substituents is 1. The average molecular weight is 345 g/mol. The van der Waals surface area contributed by atoms with Gasteiger partial charge >= 0.3 is 11.7 Å². The summed E-state index contributed by atoms with van der Waals surface area (Å²) in [5.41, 5.74) is 0.898. The van der Waals surface area contributed by atoms with E-state index in [2.05, 4.69) is 6.92 Å². The number of ether oxygens (including phenoxy) is 2. The third-order valence-electron chi connectivity index (χ3n) is 3.55. The zero-order chi connectivity index (χ0) is 18.2. The van der Waals surface area contributed by atoms with Gasteiger partial charge in [-0.2, -0.15) is 0 Å². The first-order valence-corrected chi connectivity index (χ1v) is 7.87. The molecule has 0 saturated heterocycles. The highest BCUT2D eigenvalue weighted by atomic mass is 16.6. The van der Waals surface area contributed by atoms with Crippen molar-refractivity contribution in [2.24, 2.45) is 0 Å². The van der Waals surface area contributed by atoms with Gasteiger partial charge in [0.15, 0.2) is 5.75 Å². The number of nitro groups is 1. The lowest BCUT2D eigenvalue weighted by Gasteiger charge is -2.09. The molecule has 0 amide bonds. The van der Waals surface area contributed by atoms with Gasteiger partial charge in [0.25, 0.3) is 0 Å². The fraction of sp³-hybridized carbons (Fsp3) is 0.278. The van der Waals surface area contributed by atoms with E-state index in [0.29, 0.717) is 13.0 Å². The largest absolute Gasteiger partial charge is 0.493 e. The summed E-state index contributed by atoms with van der Waals surface area (Å²) < 4.78 is 11.0. The molecule has 2 aromatic rings. The molecule has 0 saturated carbocycles. The second-order valence-electron chi connectivity index (χ2n) is 5.29. The van der Waals surface area contributed by atoms with Crippen LogP contribution in [0.4, 0.5) is 5.69 Å². The number of hydrogen-bond donors (Lipinski definition) is 1. The van der Waals surface area contributed by atoms with Gasteiger partial charge in [-0.3, -0.25) is 10.1 Å². The number of rotatable bonds is 9. The molecule has 25 heavy (non-hydrogen) atoms. The third-order valence-corrected chi connectivity index (χ3v) is 3.55. The van der Waals surface area contributed by atoms with E-state index in [1.54, 1.807) is 0 Å². The molecule has 0 aliphatic rings. The molecule has 2 aromatic carbocycles. The summed E-state index contributed by atoms with van der Waals surface area (Å²) in [6.45, 7) is 2.64. The van der Waals surface area contributed by atoms with Crippen LogP contribution in [0, 0.1) is 10.1 Å². The lowest BCUT2D eigenvalue weighted by molar-refractivity contribution is -0.385. The highest BCUT2D eigenvalue weighted by Gasteiger charge is 2.17. The zero-order valence-electron chi connectivity index (χ0n) is 13.8. The minimum absolute atomic E-state index is 0.0581. The SMILES string of the molecule is CCc1ccc(OCCCOc2cc(C(=O)O)ccc2[N+](=O)[O-])cc1. The molecule has 0 aliphatic heterocycles. The van der Waals surface area contributed by atoms with Crippen LogP contribution in [0.3, 0.4) is 0 Å². The van der Waals surface area contributed by atoms with Gasteiger partial charge in [0.1, 0.15) is 5.75 Å². The Labute approximate surface area is 145 Å². The first-order chi connectivity index (χ1) is 12.0. The molecule has 132 valence electrons. The van der Waals surface area contributed by atoms with Crippen molar-refractivity contribution in [3.63, 3.8) is 0 Å². The van der Waals surface area contributed by atoms with Crippen molar-refractivity contribution in [2.75, 3.05) is 13.2 Å². The topological polar surface area (TPSA) is 98.9 Å². The Kier molecular flexibility index (Phi) is 6.33.